The molecule has 1 aliphatic rings. The van der Waals surface area contributed by atoms with Gasteiger partial charge in [0, 0.05) is 41.9 Å². The molecule has 36 heavy (non-hydrogen) atoms. The van der Waals surface area contributed by atoms with Crippen molar-refractivity contribution in [3.63, 3.8) is 0 Å². The van der Waals surface area contributed by atoms with Crippen molar-refractivity contribution in [3.05, 3.63) is 66.1 Å². The van der Waals surface area contributed by atoms with Crippen LogP contribution in [0.15, 0.2) is 54.9 Å². The molecule has 5 rings (SSSR count). The number of amides is 1. The second-order valence-corrected chi connectivity index (χ2v) is 9.18. The molecule has 3 N–H and O–H groups in total. The van der Waals surface area contributed by atoms with Gasteiger partial charge in [0.2, 0.25) is 0 Å². The highest BCUT2D eigenvalue weighted by Gasteiger charge is 2.31. The molecule has 1 aliphatic heterocycles. The fraction of sp³-hybridized carbons (Fsp3) is 0.296. The number of nitrogens with two attached hydrogens (primary N) is 1. The molecular weight excluding hydrogens is 456 g/mol. The Balaban J connectivity index is 1.52. The summed E-state index contributed by atoms with van der Waals surface area (Å²) in [5.74, 6) is -0.251. The van der Waals surface area contributed by atoms with Gasteiger partial charge in [-0.1, -0.05) is 36.4 Å². The Morgan fingerprint density at radius 2 is 1.78 bits per heavy atom. The lowest BCUT2D eigenvalue weighted by atomic mass is 9.89. The van der Waals surface area contributed by atoms with Crippen molar-refractivity contribution < 1.29 is 14.7 Å². The summed E-state index contributed by atoms with van der Waals surface area (Å²) in [6.45, 7) is 3.91. The summed E-state index contributed by atoms with van der Waals surface area (Å²) >= 11 is 0. The molecule has 1 atom stereocenters. The number of aliphatic hydroxyl groups excluding tert-OH is 1. The summed E-state index contributed by atoms with van der Waals surface area (Å²) in [5, 5.41) is 14.1. The van der Waals surface area contributed by atoms with Crippen LogP contribution in [0.3, 0.4) is 0 Å². The first-order chi connectivity index (χ1) is 17.3. The first kappa shape index (κ1) is 23.6. The minimum atomic E-state index is -1.03. The number of nitrogen functional groups attached to an aromatic ring is 1. The van der Waals surface area contributed by atoms with Gasteiger partial charge in [0.25, 0.3) is 5.91 Å². The number of piperidine rings is 1. The number of pyridine rings is 1. The predicted molar refractivity (Wildman–Crippen MR) is 136 cm³/mol. The molecule has 1 fully saturated rings. The van der Waals surface area contributed by atoms with Gasteiger partial charge in [-0.2, -0.15) is 9.61 Å². The van der Waals surface area contributed by atoms with Crippen LogP contribution in [-0.2, 0) is 4.79 Å². The zero-order valence-electron chi connectivity index (χ0n) is 20.3. The SMILES string of the molecule is CC(=O)c1c(C2CCN(C(=O)C(C)O)CC2)nc2c(-c3ccc(-c4ccccc4)nc3)cnn2c1N. The monoisotopic (exact) mass is 484 g/mol. The third kappa shape index (κ3) is 4.22. The Morgan fingerprint density at radius 1 is 1.06 bits per heavy atom. The Hall–Kier alpha value is -4.11. The number of benzene rings is 1. The number of aromatic nitrogens is 4. The summed E-state index contributed by atoms with van der Waals surface area (Å²) < 4.78 is 1.51. The average molecular weight is 485 g/mol. The second-order valence-electron chi connectivity index (χ2n) is 9.18. The number of fused-ring (bicyclic) bond motifs is 1. The summed E-state index contributed by atoms with van der Waals surface area (Å²) in [7, 11) is 0. The number of hydrogen-bond acceptors (Lipinski definition) is 7. The van der Waals surface area contributed by atoms with E-state index in [0.29, 0.717) is 42.8 Å². The van der Waals surface area contributed by atoms with Crippen LogP contribution in [0.25, 0.3) is 28.0 Å². The van der Waals surface area contributed by atoms with Gasteiger partial charge >= 0.3 is 0 Å². The molecule has 9 nitrogen and oxygen atoms in total. The number of ketones is 1. The number of rotatable bonds is 5. The van der Waals surface area contributed by atoms with Crippen molar-refractivity contribution in [2.45, 2.75) is 38.7 Å². The van der Waals surface area contributed by atoms with Crippen LogP contribution in [0, 0.1) is 0 Å². The number of anilines is 1. The van der Waals surface area contributed by atoms with E-state index in [9.17, 15) is 14.7 Å². The van der Waals surface area contributed by atoms with Crippen LogP contribution in [0.1, 0.15) is 48.7 Å². The minimum absolute atomic E-state index is 0.0458. The zero-order valence-corrected chi connectivity index (χ0v) is 20.3. The Labute approximate surface area is 208 Å². The molecule has 0 spiro atoms. The van der Waals surface area contributed by atoms with Gasteiger partial charge in [-0.25, -0.2) is 4.98 Å². The maximum absolute atomic E-state index is 12.6. The standard InChI is InChI=1S/C27H28N6O3/c1-16(34)23-24(19-10-12-32(13-11-19)27(36)17(2)35)31-26-21(15-30-33(26)25(23)28)20-8-9-22(29-14-20)18-6-4-3-5-7-18/h3-9,14-15,17,19,35H,10-13,28H2,1-2H3. The topological polar surface area (TPSA) is 127 Å². The van der Waals surface area contributed by atoms with E-state index in [-0.39, 0.29) is 23.4 Å². The normalized spacial score (nSPS) is 15.2. The van der Waals surface area contributed by atoms with Crippen molar-refractivity contribution in [1.82, 2.24) is 24.5 Å². The molecule has 9 heteroatoms. The number of carbonyl (C=O) groups is 2. The molecule has 0 saturated carbocycles. The molecule has 1 amide bonds. The summed E-state index contributed by atoms with van der Waals surface area (Å²) in [6.07, 6.45) is 3.69. The molecule has 0 bridgehead atoms. The first-order valence-corrected chi connectivity index (χ1v) is 12.0. The molecule has 3 aromatic heterocycles. The smallest absolute Gasteiger partial charge is 0.251 e. The Morgan fingerprint density at radius 3 is 2.39 bits per heavy atom. The molecule has 0 aliphatic carbocycles. The quantitative estimate of drug-likeness (QED) is 0.416. The van der Waals surface area contributed by atoms with Crippen molar-refractivity contribution in [1.29, 1.82) is 0 Å². The highest BCUT2D eigenvalue weighted by molar-refractivity contribution is 6.00. The molecule has 1 aromatic carbocycles. The van der Waals surface area contributed by atoms with Crippen LogP contribution in [-0.4, -0.2) is 60.5 Å². The maximum atomic E-state index is 12.6. The van der Waals surface area contributed by atoms with Gasteiger partial charge in [-0.3, -0.25) is 14.6 Å². The highest BCUT2D eigenvalue weighted by Crippen LogP contribution is 2.35. The van der Waals surface area contributed by atoms with Crippen molar-refractivity contribution >= 4 is 23.2 Å². The van der Waals surface area contributed by atoms with Crippen molar-refractivity contribution in [2.24, 2.45) is 0 Å². The van der Waals surface area contributed by atoms with Crippen LogP contribution in [0.4, 0.5) is 5.82 Å². The average Bonchev–Trinajstić information content (AvgIpc) is 3.33. The van der Waals surface area contributed by atoms with E-state index in [0.717, 1.165) is 22.4 Å². The molecule has 184 valence electrons. The van der Waals surface area contributed by atoms with Gasteiger partial charge in [-0.05, 0) is 32.8 Å². The molecule has 1 saturated heterocycles. The van der Waals surface area contributed by atoms with E-state index in [4.69, 9.17) is 10.7 Å². The van der Waals surface area contributed by atoms with E-state index in [1.165, 1.54) is 18.4 Å². The summed E-state index contributed by atoms with van der Waals surface area (Å²) in [4.78, 5) is 36.0. The Bertz CT molecular complexity index is 1420. The van der Waals surface area contributed by atoms with Crippen molar-refractivity contribution in [2.75, 3.05) is 18.8 Å². The highest BCUT2D eigenvalue weighted by atomic mass is 16.3. The number of hydrogen-bond donors (Lipinski definition) is 2. The van der Waals surface area contributed by atoms with Crippen molar-refractivity contribution in [3.8, 4) is 22.4 Å². The van der Waals surface area contributed by atoms with Gasteiger partial charge in [0.1, 0.15) is 11.9 Å². The molecule has 0 radical (unpaired) electrons. The van der Waals surface area contributed by atoms with E-state index in [1.807, 2.05) is 42.5 Å². The maximum Gasteiger partial charge on any atom is 0.251 e. The first-order valence-electron chi connectivity index (χ1n) is 12.0. The minimum Gasteiger partial charge on any atom is -0.384 e. The fourth-order valence-corrected chi connectivity index (χ4v) is 4.86. The number of Topliss-reactive ketones (excluding diaryl/α,β-unsaturated/α-hetero) is 1. The number of likely N-dealkylation sites (tertiary alicyclic amines) is 1. The number of nitrogens with zero attached hydrogens (tertiary/aromatic N) is 5. The largest absolute Gasteiger partial charge is 0.384 e. The van der Waals surface area contributed by atoms with Gasteiger partial charge in [0.05, 0.1) is 23.1 Å². The lowest BCUT2D eigenvalue weighted by Crippen LogP contribution is -2.42. The third-order valence-electron chi connectivity index (χ3n) is 6.76. The van der Waals surface area contributed by atoms with E-state index in [1.54, 1.807) is 17.3 Å². The molecule has 1 unspecified atom stereocenters. The molecule has 4 heterocycles. The lowest BCUT2D eigenvalue weighted by molar-refractivity contribution is -0.140. The van der Waals surface area contributed by atoms with Crippen LogP contribution in [0.5, 0.6) is 0 Å². The van der Waals surface area contributed by atoms with Crippen LogP contribution in [0.2, 0.25) is 0 Å². The Kier molecular flexibility index (Phi) is 6.24. The van der Waals surface area contributed by atoms with Gasteiger partial charge < -0.3 is 15.7 Å². The number of carbonyl (C=O) groups excluding carboxylic acids is 2. The predicted octanol–water partition coefficient (Wildman–Crippen LogP) is 3.33. The summed E-state index contributed by atoms with van der Waals surface area (Å²) in [5.41, 5.74) is 11.5. The number of aliphatic hydroxyl groups is 1. The zero-order chi connectivity index (χ0) is 25.4. The van der Waals surface area contributed by atoms with Gasteiger partial charge in [-0.15, -0.1) is 0 Å². The van der Waals surface area contributed by atoms with E-state index in [2.05, 4.69) is 10.1 Å². The summed E-state index contributed by atoms with van der Waals surface area (Å²) in [6, 6.07) is 13.9. The third-order valence-corrected chi connectivity index (χ3v) is 6.76. The van der Waals surface area contributed by atoms with Crippen LogP contribution >= 0.6 is 0 Å². The fourth-order valence-electron chi connectivity index (χ4n) is 4.86. The lowest BCUT2D eigenvalue weighted by Gasteiger charge is -2.33. The van der Waals surface area contributed by atoms with Crippen LogP contribution < -0.4 is 5.73 Å². The van der Waals surface area contributed by atoms with E-state index >= 15 is 0 Å². The second kappa shape index (κ2) is 9.50. The van der Waals surface area contributed by atoms with E-state index < -0.39 is 6.10 Å². The molecule has 4 aromatic rings. The van der Waals surface area contributed by atoms with Gasteiger partial charge in [0.15, 0.2) is 11.4 Å². The molecular formula is C27H28N6O3.